The van der Waals surface area contributed by atoms with E-state index in [0.717, 1.165) is 0 Å². The first-order valence-electron chi connectivity index (χ1n) is 6.53. The van der Waals surface area contributed by atoms with Crippen molar-refractivity contribution in [1.82, 2.24) is 9.34 Å². The summed E-state index contributed by atoms with van der Waals surface area (Å²) in [6.45, 7) is 1.07. The number of hydrogen-bond acceptors (Lipinski definition) is 3. The number of nitrogens with zero attached hydrogens (tertiary/aromatic N) is 2. The van der Waals surface area contributed by atoms with Gasteiger partial charge in [0.1, 0.15) is 0 Å². The van der Waals surface area contributed by atoms with Crippen LogP contribution in [0.15, 0.2) is 0 Å². The highest BCUT2D eigenvalue weighted by Crippen LogP contribution is 2.54. The van der Waals surface area contributed by atoms with Crippen molar-refractivity contribution in [3.05, 3.63) is 0 Å². The van der Waals surface area contributed by atoms with Crippen LogP contribution in [-0.4, -0.2) is 80.2 Å². The van der Waals surface area contributed by atoms with Gasteiger partial charge in [-0.15, -0.1) is 46.4 Å². The summed E-state index contributed by atoms with van der Waals surface area (Å²) in [6.07, 6.45) is 0. The van der Waals surface area contributed by atoms with Crippen molar-refractivity contribution in [2.24, 2.45) is 0 Å². The topological polar surface area (TPSA) is 70.1 Å². The van der Waals surface area contributed by atoms with E-state index in [4.69, 9.17) is 55.5 Å². The summed E-state index contributed by atoms with van der Waals surface area (Å²) in [5, 5.41) is 0. The van der Waals surface area contributed by atoms with Crippen LogP contribution in [0.4, 0.5) is 0 Å². The van der Waals surface area contributed by atoms with Gasteiger partial charge in [-0.2, -0.15) is 0 Å². The molecular weight excluding hydrogens is 417 g/mol. The Morgan fingerprint density at radius 3 is 1.55 bits per heavy atom. The van der Waals surface area contributed by atoms with Crippen molar-refractivity contribution in [2.75, 3.05) is 62.1 Å². The SMILES string of the molecule is O=S(O)CCOP(=O)(N(CCCl)CCCl)N(CCCl)CCCl. The van der Waals surface area contributed by atoms with Gasteiger partial charge in [0.15, 0.2) is 11.1 Å². The standard InChI is InChI=1S/C10H21Cl4N2O4PS/c11-1-5-15(6-2-12)21(17,20-9-10-22(18)19)16(7-3-13)8-4-14/h1-10H2,(H,18,19). The number of halogens is 4. The molecule has 12 heteroatoms. The van der Waals surface area contributed by atoms with E-state index < -0.39 is 18.8 Å². The lowest BCUT2D eigenvalue weighted by atomic mass is 10.6. The van der Waals surface area contributed by atoms with E-state index in [1.54, 1.807) is 9.34 Å². The molecule has 6 nitrogen and oxygen atoms in total. The smallest absolute Gasteiger partial charge is 0.306 e. The minimum absolute atomic E-state index is 0.136. The van der Waals surface area contributed by atoms with Crippen LogP contribution in [0.1, 0.15) is 0 Å². The van der Waals surface area contributed by atoms with Gasteiger partial charge >= 0.3 is 7.67 Å². The van der Waals surface area contributed by atoms with Crippen LogP contribution in [-0.2, 0) is 20.2 Å². The summed E-state index contributed by atoms with van der Waals surface area (Å²) < 4.78 is 41.5. The zero-order chi connectivity index (χ0) is 17.0. The highest BCUT2D eigenvalue weighted by Gasteiger charge is 2.37. The Labute approximate surface area is 154 Å². The second-order valence-electron chi connectivity index (χ2n) is 4.01. The Balaban J connectivity index is 5.28. The molecule has 0 aromatic carbocycles. The van der Waals surface area contributed by atoms with Crippen LogP contribution in [0.3, 0.4) is 0 Å². The molecular formula is C10H21Cl4N2O4PS. The normalized spacial score (nSPS) is 14.0. The maximum absolute atomic E-state index is 13.4. The van der Waals surface area contributed by atoms with Crippen LogP contribution in [0.25, 0.3) is 0 Å². The molecule has 0 bridgehead atoms. The lowest BCUT2D eigenvalue weighted by Gasteiger charge is -2.37. The lowest BCUT2D eigenvalue weighted by molar-refractivity contribution is 0.225. The summed E-state index contributed by atoms with van der Waals surface area (Å²) in [4.78, 5) is 0. The highest BCUT2D eigenvalue weighted by molar-refractivity contribution is 7.79. The maximum atomic E-state index is 13.4. The molecule has 0 amide bonds. The predicted molar refractivity (Wildman–Crippen MR) is 95.2 cm³/mol. The summed E-state index contributed by atoms with van der Waals surface area (Å²) in [5.74, 6) is 0.824. The molecule has 0 aliphatic rings. The second kappa shape index (κ2) is 13.6. The quantitative estimate of drug-likeness (QED) is 0.256. The van der Waals surface area contributed by atoms with E-state index in [1.165, 1.54) is 0 Å². The van der Waals surface area contributed by atoms with Crippen LogP contribution >= 0.6 is 54.1 Å². The molecule has 0 spiro atoms. The zero-order valence-corrected chi connectivity index (χ0v) is 16.7. The van der Waals surface area contributed by atoms with Crippen LogP contribution < -0.4 is 0 Å². The molecule has 0 radical (unpaired) electrons. The van der Waals surface area contributed by atoms with Gasteiger partial charge in [0.25, 0.3) is 0 Å². The third kappa shape index (κ3) is 8.47. The number of hydrogen-bond donors (Lipinski definition) is 1. The zero-order valence-electron chi connectivity index (χ0n) is 12.0. The summed E-state index contributed by atoms with van der Waals surface area (Å²) in [7, 11) is -3.48. The molecule has 0 aromatic heterocycles. The molecule has 1 atom stereocenters. The third-order valence-corrected chi connectivity index (χ3v) is 6.54. The van der Waals surface area contributed by atoms with Gasteiger partial charge in [-0.3, -0.25) is 4.57 Å². The molecule has 0 saturated carbocycles. The molecule has 0 heterocycles. The largest absolute Gasteiger partial charge is 0.346 e. The average molecular weight is 438 g/mol. The summed E-state index contributed by atoms with van der Waals surface area (Å²) in [5.41, 5.74) is 0. The molecule has 0 rings (SSSR count). The van der Waals surface area contributed by atoms with E-state index in [-0.39, 0.29) is 35.9 Å². The van der Waals surface area contributed by atoms with Gasteiger partial charge in [-0.1, -0.05) is 0 Å². The second-order valence-corrected chi connectivity index (χ2v) is 8.95. The van der Waals surface area contributed by atoms with Gasteiger partial charge in [-0.25, -0.2) is 13.5 Å². The minimum Gasteiger partial charge on any atom is -0.306 e. The van der Waals surface area contributed by atoms with E-state index in [9.17, 15) is 8.77 Å². The fourth-order valence-corrected chi connectivity index (χ4v) is 5.75. The molecule has 0 aliphatic carbocycles. The van der Waals surface area contributed by atoms with Crippen molar-refractivity contribution < 1.29 is 17.9 Å². The third-order valence-electron chi connectivity index (χ3n) is 2.60. The van der Waals surface area contributed by atoms with Crippen molar-refractivity contribution in [2.45, 2.75) is 0 Å². The summed E-state index contributed by atoms with van der Waals surface area (Å²) >= 11 is 21.0. The van der Waals surface area contributed by atoms with E-state index in [1.807, 2.05) is 0 Å². The van der Waals surface area contributed by atoms with Gasteiger partial charge in [0.05, 0.1) is 12.4 Å². The first-order chi connectivity index (χ1) is 10.5. The summed E-state index contributed by atoms with van der Waals surface area (Å²) in [6, 6.07) is 0. The van der Waals surface area contributed by atoms with Crippen LogP contribution in [0.5, 0.6) is 0 Å². The molecule has 0 aromatic rings. The molecule has 0 saturated heterocycles. The molecule has 1 unspecified atom stereocenters. The molecule has 1 N–H and O–H groups in total. The fourth-order valence-electron chi connectivity index (χ4n) is 1.69. The molecule has 134 valence electrons. The van der Waals surface area contributed by atoms with Crippen molar-refractivity contribution >= 4 is 65.2 Å². The Morgan fingerprint density at radius 2 is 1.27 bits per heavy atom. The Hall–Kier alpha value is 1.38. The average Bonchev–Trinajstić information content (AvgIpc) is 2.46. The Kier molecular flexibility index (Phi) is 14.5. The molecule has 0 fully saturated rings. The lowest BCUT2D eigenvalue weighted by Crippen LogP contribution is -2.37. The van der Waals surface area contributed by atoms with E-state index >= 15 is 0 Å². The molecule has 22 heavy (non-hydrogen) atoms. The van der Waals surface area contributed by atoms with Crippen LogP contribution in [0, 0.1) is 0 Å². The highest BCUT2D eigenvalue weighted by atomic mass is 35.5. The van der Waals surface area contributed by atoms with Crippen molar-refractivity contribution in [3.63, 3.8) is 0 Å². The Morgan fingerprint density at radius 1 is 0.909 bits per heavy atom. The number of alkyl halides is 4. The maximum Gasteiger partial charge on any atom is 0.346 e. The van der Waals surface area contributed by atoms with Gasteiger partial charge < -0.3 is 9.08 Å². The van der Waals surface area contributed by atoms with Gasteiger partial charge in [-0.05, 0) is 0 Å². The van der Waals surface area contributed by atoms with E-state index in [0.29, 0.717) is 26.2 Å². The Bertz CT molecular complexity index is 338. The first-order valence-corrected chi connectivity index (χ1v) is 11.5. The fraction of sp³-hybridized carbons (Fsp3) is 1.00. The predicted octanol–water partition coefficient (Wildman–Crippen LogP) is 2.89. The monoisotopic (exact) mass is 436 g/mol. The van der Waals surface area contributed by atoms with E-state index in [2.05, 4.69) is 0 Å². The van der Waals surface area contributed by atoms with Crippen LogP contribution in [0.2, 0.25) is 0 Å². The molecule has 0 aliphatic heterocycles. The van der Waals surface area contributed by atoms with Crippen molar-refractivity contribution in [3.8, 4) is 0 Å². The van der Waals surface area contributed by atoms with Gasteiger partial charge in [0, 0.05) is 49.7 Å². The van der Waals surface area contributed by atoms with Crippen molar-refractivity contribution in [1.29, 1.82) is 0 Å². The first kappa shape index (κ1) is 23.4. The van der Waals surface area contributed by atoms with Gasteiger partial charge in [0.2, 0.25) is 0 Å². The minimum atomic E-state index is -3.48. The number of rotatable bonds is 14.